The Hall–Kier alpha value is -0.690. The van der Waals surface area contributed by atoms with Gasteiger partial charge in [0.1, 0.15) is 5.15 Å². The summed E-state index contributed by atoms with van der Waals surface area (Å²) in [6, 6.07) is 1.58. The van der Waals surface area contributed by atoms with E-state index < -0.39 is 0 Å². The van der Waals surface area contributed by atoms with Crippen molar-refractivity contribution < 1.29 is 14.3 Å². The van der Waals surface area contributed by atoms with Gasteiger partial charge in [-0.3, -0.25) is 4.79 Å². The summed E-state index contributed by atoms with van der Waals surface area (Å²) in [7, 11) is 3.19. The monoisotopic (exact) mass is 364 g/mol. The second-order valence-electron chi connectivity index (χ2n) is 4.29. The summed E-state index contributed by atoms with van der Waals surface area (Å²) in [6.07, 6.45) is 1.55. The van der Waals surface area contributed by atoms with Crippen LogP contribution in [0.15, 0.2) is 16.7 Å². The summed E-state index contributed by atoms with van der Waals surface area (Å²) in [6.45, 7) is 3.26. The summed E-state index contributed by atoms with van der Waals surface area (Å²) in [5, 5.41) is 0.185. The minimum absolute atomic E-state index is 0.0855. The molecule has 0 aliphatic carbocycles. The van der Waals surface area contributed by atoms with Gasteiger partial charge in [-0.15, -0.1) is 0 Å². The molecule has 1 aromatic rings. The molecular formula is C13H18BrClN2O3. The molecule has 1 aromatic heterocycles. The number of carbonyl (C=O) groups is 1. The Morgan fingerprint density at radius 2 is 2.20 bits per heavy atom. The van der Waals surface area contributed by atoms with Crippen LogP contribution in [0.2, 0.25) is 5.15 Å². The van der Waals surface area contributed by atoms with E-state index >= 15 is 0 Å². The molecule has 1 amide bonds. The van der Waals surface area contributed by atoms with Crippen molar-refractivity contribution in [3.63, 3.8) is 0 Å². The van der Waals surface area contributed by atoms with E-state index in [-0.39, 0.29) is 17.1 Å². The fraction of sp³-hybridized carbons (Fsp3) is 0.538. The van der Waals surface area contributed by atoms with Crippen LogP contribution >= 0.6 is 27.5 Å². The molecular weight excluding hydrogens is 348 g/mol. The normalized spacial score (nSPS) is 12.2. The van der Waals surface area contributed by atoms with E-state index in [0.717, 1.165) is 0 Å². The van der Waals surface area contributed by atoms with Crippen molar-refractivity contribution in [3.05, 3.63) is 27.5 Å². The fourth-order valence-corrected chi connectivity index (χ4v) is 2.29. The number of amides is 1. The second-order valence-corrected chi connectivity index (χ2v) is 5.56. The predicted octanol–water partition coefficient (Wildman–Crippen LogP) is 2.62. The molecule has 0 bridgehead atoms. The van der Waals surface area contributed by atoms with Crippen LogP contribution < -0.4 is 0 Å². The number of aromatic nitrogens is 1. The van der Waals surface area contributed by atoms with Crippen molar-refractivity contribution in [3.8, 4) is 0 Å². The zero-order valence-electron chi connectivity index (χ0n) is 11.7. The third-order valence-corrected chi connectivity index (χ3v) is 3.51. The van der Waals surface area contributed by atoms with Crippen LogP contribution in [0.25, 0.3) is 0 Å². The zero-order valence-corrected chi connectivity index (χ0v) is 14.1. The first-order valence-corrected chi connectivity index (χ1v) is 7.28. The number of pyridine rings is 1. The average molecular weight is 366 g/mol. The summed E-state index contributed by atoms with van der Waals surface area (Å²) in [4.78, 5) is 18.3. The van der Waals surface area contributed by atoms with Gasteiger partial charge in [0.25, 0.3) is 5.91 Å². The molecule has 0 aromatic carbocycles. The second kappa shape index (κ2) is 8.56. The number of rotatable bonds is 7. The van der Waals surface area contributed by atoms with Crippen molar-refractivity contribution in [2.45, 2.75) is 13.0 Å². The highest BCUT2D eigenvalue weighted by Gasteiger charge is 2.23. The first kappa shape index (κ1) is 17.4. The zero-order chi connectivity index (χ0) is 15.1. The summed E-state index contributed by atoms with van der Waals surface area (Å²) < 4.78 is 10.9. The van der Waals surface area contributed by atoms with Gasteiger partial charge in [-0.1, -0.05) is 11.6 Å². The van der Waals surface area contributed by atoms with Gasteiger partial charge in [-0.2, -0.15) is 0 Å². The van der Waals surface area contributed by atoms with Gasteiger partial charge in [-0.25, -0.2) is 4.98 Å². The number of hydrogen-bond donors (Lipinski definition) is 0. The molecule has 0 radical (unpaired) electrons. The number of halogens is 2. The molecule has 0 saturated heterocycles. The molecule has 0 saturated carbocycles. The summed E-state index contributed by atoms with van der Waals surface area (Å²) >= 11 is 9.30. The molecule has 0 aliphatic rings. The third-order valence-electron chi connectivity index (χ3n) is 2.77. The topological polar surface area (TPSA) is 51.7 Å². The minimum Gasteiger partial charge on any atom is -0.383 e. The Labute approximate surface area is 132 Å². The molecule has 5 nitrogen and oxygen atoms in total. The van der Waals surface area contributed by atoms with Crippen LogP contribution in [0, 0.1) is 0 Å². The minimum atomic E-state index is -0.189. The first-order valence-electron chi connectivity index (χ1n) is 6.11. The largest absolute Gasteiger partial charge is 0.383 e. The van der Waals surface area contributed by atoms with E-state index in [1.807, 2.05) is 6.92 Å². The van der Waals surface area contributed by atoms with Gasteiger partial charge in [0.05, 0.1) is 24.8 Å². The van der Waals surface area contributed by atoms with Crippen molar-refractivity contribution in [1.82, 2.24) is 9.88 Å². The van der Waals surface area contributed by atoms with Crippen molar-refractivity contribution >= 4 is 33.4 Å². The number of hydrogen-bond acceptors (Lipinski definition) is 4. The van der Waals surface area contributed by atoms with E-state index in [4.69, 9.17) is 21.1 Å². The molecule has 1 rings (SSSR count). The number of methoxy groups -OCH3 is 2. The summed E-state index contributed by atoms with van der Waals surface area (Å²) in [5.74, 6) is -0.189. The highest BCUT2D eigenvalue weighted by molar-refractivity contribution is 9.10. The maximum Gasteiger partial charge on any atom is 0.257 e. The molecule has 20 heavy (non-hydrogen) atoms. The molecule has 0 aliphatic heterocycles. The standard InChI is InChI=1S/C13H18BrClN2O3/c1-9(8-20-3)17(4-5-19-2)13(18)11-6-10(14)7-16-12(11)15/h6-7,9H,4-5,8H2,1-3H3. The van der Waals surface area contributed by atoms with E-state index in [1.54, 1.807) is 31.4 Å². The number of ether oxygens (including phenoxy) is 2. The van der Waals surface area contributed by atoms with Gasteiger partial charge in [0.15, 0.2) is 0 Å². The Kier molecular flexibility index (Phi) is 7.43. The highest BCUT2D eigenvalue weighted by atomic mass is 79.9. The van der Waals surface area contributed by atoms with Crippen LogP contribution in [-0.2, 0) is 9.47 Å². The van der Waals surface area contributed by atoms with Gasteiger partial charge in [0.2, 0.25) is 0 Å². The molecule has 0 spiro atoms. The predicted molar refractivity (Wildman–Crippen MR) is 81.2 cm³/mol. The van der Waals surface area contributed by atoms with E-state index in [9.17, 15) is 4.79 Å². The maximum atomic E-state index is 12.6. The van der Waals surface area contributed by atoms with Crippen LogP contribution in [0.4, 0.5) is 0 Å². The average Bonchev–Trinajstić information content (AvgIpc) is 2.42. The smallest absolute Gasteiger partial charge is 0.257 e. The molecule has 1 heterocycles. The highest BCUT2D eigenvalue weighted by Crippen LogP contribution is 2.20. The Morgan fingerprint density at radius 1 is 1.50 bits per heavy atom. The van der Waals surface area contributed by atoms with Gasteiger partial charge >= 0.3 is 0 Å². The SMILES string of the molecule is COCCN(C(=O)c1cc(Br)cnc1Cl)C(C)COC. The lowest BCUT2D eigenvalue weighted by Crippen LogP contribution is -2.43. The summed E-state index contributed by atoms with van der Waals surface area (Å²) in [5.41, 5.74) is 0.361. The van der Waals surface area contributed by atoms with Gasteiger partial charge in [-0.05, 0) is 28.9 Å². The fourth-order valence-electron chi connectivity index (χ4n) is 1.77. The van der Waals surface area contributed by atoms with E-state index in [1.165, 1.54) is 0 Å². The maximum absolute atomic E-state index is 12.6. The van der Waals surface area contributed by atoms with Gasteiger partial charge < -0.3 is 14.4 Å². The lowest BCUT2D eigenvalue weighted by atomic mass is 10.2. The molecule has 7 heteroatoms. The van der Waals surface area contributed by atoms with Crippen LogP contribution in [0.5, 0.6) is 0 Å². The lowest BCUT2D eigenvalue weighted by molar-refractivity contribution is 0.0479. The van der Waals surface area contributed by atoms with Crippen molar-refractivity contribution in [2.75, 3.05) is 34.0 Å². The number of nitrogens with zero attached hydrogens (tertiary/aromatic N) is 2. The first-order chi connectivity index (χ1) is 9.51. The van der Waals surface area contributed by atoms with Crippen LogP contribution in [0.3, 0.4) is 0 Å². The Morgan fingerprint density at radius 3 is 2.80 bits per heavy atom. The van der Waals surface area contributed by atoms with Crippen LogP contribution in [-0.4, -0.2) is 55.8 Å². The lowest BCUT2D eigenvalue weighted by Gasteiger charge is -2.29. The Bertz CT molecular complexity index is 459. The van der Waals surface area contributed by atoms with Crippen LogP contribution in [0.1, 0.15) is 17.3 Å². The van der Waals surface area contributed by atoms with Gasteiger partial charge in [0, 0.05) is 31.4 Å². The van der Waals surface area contributed by atoms with Crippen molar-refractivity contribution in [1.29, 1.82) is 0 Å². The quantitative estimate of drug-likeness (QED) is 0.697. The molecule has 0 N–H and O–H groups in total. The molecule has 1 unspecified atom stereocenters. The Balaban J connectivity index is 2.99. The molecule has 1 atom stereocenters. The van der Waals surface area contributed by atoms with E-state index in [0.29, 0.717) is 29.8 Å². The third kappa shape index (κ3) is 4.70. The molecule has 0 fully saturated rings. The molecule has 112 valence electrons. The number of carbonyl (C=O) groups excluding carboxylic acids is 1. The van der Waals surface area contributed by atoms with E-state index in [2.05, 4.69) is 20.9 Å². The van der Waals surface area contributed by atoms with Crippen molar-refractivity contribution in [2.24, 2.45) is 0 Å².